The standard InChI is InChI=1S/C17H15NO5/c1-9(17(20)21)12-6-14-15(23-8-22-14)7-13(12)16(19)10-2-4-11(18)5-3-10/h2-7,9H,8,18H2,1H3,(H,20,21)/p-1. The molecule has 2 N–H and O–H groups in total. The summed E-state index contributed by atoms with van der Waals surface area (Å²) in [5.74, 6) is -1.71. The molecule has 1 atom stereocenters. The molecule has 1 heterocycles. The molecule has 0 aromatic heterocycles. The topological polar surface area (TPSA) is 102 Å². The van der Waals surface area contributed by atoms with Crippen LogP contribution in [0.5, 0.6) is 11.5 Å². The molecule has 0 aliphatic carbocycles. The summed E-state index contributed by atoms with van der Waals surface area (Å²) in [4.78, 5) is 24.0. The summed E-state index contributed by atoms with van der Waals surface area (Å²) in [7, 11) is 0. The molecule has 6 heteroatoms. The third kappa shape index (κ3) is 2.70. The summed E-state index contributed by atoms with van der Waals surface area (Å²) in [6, 6.07) is 9.44. The second-order valence-electron chi connectivity index (χ2n) is 5.28. The van der Waals surface area contributed by atoms with Crippen molar-refractivity contribution in [1.29, 1.82) is 0 Å². The van der Waals surface area contributed by atoms with Crippen molar-refractivity contribution < 1.29 is 24.2 Å². The van der Waals surface area contributed by atoms with E-state index in [9.17, 15) is 14.7 Å². The van der Waals surface area contributed by atoms with Crippen molar-refractivity contribution in [3.63, 3.8) is 0 Å². The number of anilines is 1. The maximum atomic E-state index is 12.8. The van der Waals surface area contributed by atoms with E-state index in [4.69, 9.17) is 15.2 Å². The van der Waals surface area contributed by atoms with Crippen LogP contribution in [0.15, 0.2) is 36.4 Å². The molecule has 6 nitrogen and oxygen atoms in total. The largest absolute Gasteiger partial charge is 0.550 e. The van der Waals surface area contributed by atoms with E-state index >= 15 is 0 Å². The van der Waals surface area contributed by atoms with Crippen LogP contribution >= 0.6 is 0 Å². The Morgan fingerprint density at radius 3 is 2.35 bits per heavy atom. The number of aliphatic carboxylic acids is 1. The molecule has 0 fully saturated rings. The van der Waals surface area contributed by atoms with E-state index in [1.165, 1.54) is 19.1 Å². The predicted molar refractivity (Wildman–Crippen MR) is 80.3 cm³/mol. The molecule has 2 aromatic carbocycles. The molecular formula is C17H14NO5-. The average molecular weight is 312 g/mol. The number of benzene rings is 2. The van der Waals surface area contributed by atoms with Crippen LogP contribution < -0.4 is 20.3 Å². The van der Waals surface area contributed by atoms with Gasteiger partial charge in [-0.05, 0) is 42.0 Å². The summed E-state index contributed by atoms with van der Waals surface area (Å²) in [6.07, 6.45) is 0. The number of ketones is 1. The van der Waals surface area contributed by atoms with Crippen molar-refractivity contribution in [2.75, 3.05) is 12.5 Å². The molecular weight excluding hydrogens is 298 g/mol. The van der Waals surface area contributed by atoms with Gasteiger partial charge in [0.1, 0.15) is 0 Å². The maximum Gasteiger partial charge on any atom is 0.231 e. The number of carbonyl (C=O) groups is 2. The lowest BCUT2D eigenvalue weighted by Crippen LogP contribution is -2.29. The van der Waals surface area contributed by atoms with Crippen LogP contribution in [0.2, 0.25) is 0 Å². The molecule has 1 unspecified atom stereocenters. The van der Waals surface area contributed by atoms with E-state index in [0.29, 0.717) is 28.3 Å². The van der Waals surface area contributed by atoms with Gasteiger partial charge in [-0.1, -0.05) is 6.92 Å². The van der Waals surface area contributed by atoms with Crippen molar-refractivity contribution in [2.24, 2.45) is 0 Å². The molecule has 118 valence electrons. The second-order valence-corrected chi connectivity index (χ2v) is 5.28. The minimum Gasteiger partial charge on any atom is -0.550 e. The summed E-state index contributed by atoms with van der Waals surface area (Å²) >= 11 is 0. The average Bonchev–Trinajstić information content (AvgIpc) is 3.00. The van der Waals surface area contributed by atoms with Gasteiger partial charge in [0, 0.05) is 28.7 Å². The fourth-order valence-corrected chi connectivity index (χ4v) is 2.43. The SMILES string of the molecule is CC(C(=O)[O-])c1cc2c(cc1C(=O)c1ccc(N)cc1)OCO2. The van der Waals surface area contributed by atoms with E-state index in [-0.39, 0.29) is 18.1 Å². The highest BCUT2D eigenvalue weighted by Crippen LogP contribution is 2.38. The summed E-state index contributed by atoms with van der Waals surface area (Å²) < 4.78 is 10.5. The highest BCUT2D eigenvalue weighted by molar-refractivity contribution is 6.11. The van der Waals surface area contributed by atoms with Gasteiger partial charge < -0.3 is 25.1 Å². The Morgan fingerprint density at radius 2 is 1.74 bits per heavy atom. The van der Waals surface area contributed by atoms with Gasteiger partial charge in [-0.15, -0.1) is 0 Å². The van der Waals surface area contributed by atoms with E-state index in [1.807, 2.05) is 0 Å². The first-order valence-electron chi connectivity index (χ1n) is 7.02. The molecule has 0 saturated heterocycles. The number of rotatable bonds is 4. The van der Waals surface area contributed by atoms with Gasteiger partial charge in [-0.25, -0.2) is 0 Å². The Kier molecular flexibility index (Phi) is 3.65. The van der Waals surface area contributed by atoms with Crippen LogP contribution in [0.1, 0.15) is 34.3 Å². The van der Waals surface area contributed by atoms with Crippen LogP contribution in [-0.4, -0.2) is 18.5 Å². The Balaban J connectivity index is 2.11. The first-order valence-corrected chi connectivity index (χ1v) is 7.02. The first kappa shape index (κ1) is 14.9. The van der Waals surface area contributed by atoms with Crippen molar-refractivity contribution in [1.82, 2.24) is 0 Å². The van der Waals surface area contributed by atoms with Gasteiger partial charge >= 0.3 is 0 Å². The van der Waals surface area contributed by atoms with Gasteiger partial charge in [0.2, 0.25) is 6.79 Å². The molecule has 0 radical (unpaired) electrons. The first-order chi connectivity index (χ1) is 11.0. The number of carbonyl (C=O) groups excluding carboxylic acids is 2. The number of nitrogens with two attached hydrogens (primary N) is 1. The highest BCUT2D eigenvalue weighted by atomic mass is 16.7. The molecule has 3 rings (SSSR count). The van der Waals surface area contributed by atoms with E-state index in [0.717, 1.165) is 0 Å². The quantitative estimate of drug-likeness (QED) is 0.669. The van der Waals surface area contributed by atoms with E-state index in [1.54, 1.807) is 24.3 Å². The number of fused-ring (bicyclic) bond motifs is 1. The minimum absolute atomic E-state index is 0.0357. The number of ether oxygens (including phenoxy) is 2. The van der Waals surface area contributed by atoms with Crippen molar-refractivity contribution >= 4 is 17.4 Å². The number of carboxylic acid groups (broad SMARTS) is 1. The zero-order valence-corrected chi connectivity index (χ0v) is 12.4. The maximum absolute atomic E-state index is 12.8. The molecule has 0 saturated carbocycles. The highest BCUT2D eigenvalue weighted by Gasteiger charge is 2.24. The summed E-state index contributed by atoms with van der Waals surface area (Å²) in [6.45, 7) is 1.50. The van der Waals surface area contributed by atoms with Gasteiger partial charge in [-0.2, -0.15) is 0 Å². The zero-order valence-electron chi connectivity index (χ0n) is 12.4. The molecule has 1 aliphatic rings. The summed E-state index contributed by atoms with van der Waals surface area (Å²) in [5, 5.41) is 11.2. The normalized spacial score (nSPS) is 13.6. The van der Waals surface area contributed by atoms with Crippen LogP contribution in [-0.2, 0) is 4.79 Å². The molecule has 0 amide bonds. The smallest absolute Gasteiger partial charge is 0.231 e. The van der Waals surface area contributed by atoms with Crippen LogP contribution in [0.3, 0.4) is 0 Å². The lowest BCUT2D eigenvalue weighted by atomic mass is 9.90. The molecule has 23 heavy (non-hydrogen) atoms. The molecule has 2 aromatic rings. The van der Waals surface area contributed by atoms with Crippen molar-refractivity contribution in [2.45, 2.75) is 12.8 Å². The monoisotopic (exact) mass is 312 g/mol. The Labute approximate surface area is 132 Å². The third-order valence-corrected chi connectivity index (χ3v) is 3.78. The molecule has 1 aliphatic heterocycles. The number of nitrogen functional groups attached to an aromatic ring is 1. The third-order valence-electron chi connectivity index (χ3n) is 3.78. The van der Waals surface area contributed by atoms with Gasteiger partial charge in [-0.3, -0.25) is 4.79 Å². The minimum atomic E-state index is -1.27. The Morgan fingerprint density at radius 1 is 1.13 bits per heavy atom. The molecule has 0 bridgehead atoms. The van der Waals surface area contributed by atoms with E-state index in [2.05, 4.69) is 0 Å². The van der Waals surface area contributed by atoms with Gasteiger partial charge in [0.15, 0.2) is 17.3 Å². The number of hydrogen-bond acceptors (Lipinski definition) is 6. The molecule has 0 spiro atoms. The zero-order chi connectivity index (χ0) is 16.6. The summed E-state index contributed by atoms with van der Waals surface area (Å²) in [5.41, 5.74) is 7.14. The van der Waals surface area contributed by atoms with E-state index < -0.39 is 11.9 Å². The Hall–Kier alpha value is -3.02. The number of carboxylic acids is 1. The Bertz CT molecular complexity index is 782. The lowest BCUT2D eigenvalue weighted by molar-refractivity contribution is -0.307. The van der Waals surface area contributed by atoms with Gasteiger partial charge in [0.25, 0.3) is 0 Å². The van der Waals surface area contributed by atoms with Crippen LogP contribution in [0.25, 0.3) is 0 Å². The number of hydrogen-bond donors (Lipinski definition) is 1. The predicted octanol–water partition coefficient (Wildman–Crippen LogP) is 1.08. The van der Waals surface area contributed by atoms with Gasteiger partial charge in [0.05, 0.1) is 0 Å². The van der Waals surface area contributed by atoms with Crippen molar-refractivity contribution in [3.05, 3.63) is 53.1 Å². The second kappa shape index (κ2) is 5.64. The lowest BCUT2D eigenvalue weighted by Gasteiger charge is -2.17. The van der Waals surface area contributed by atoms with Crippen LogP contribution in [0.4, 0.5) is 5.69 Å². The van der Waals surface area contributed by atoms with Crippen LogP contribution in [0, 0.1) is 0 Å². The fraction of sp³-hybridized carbons (Fsp3) is 0.176. The fourth-order valence-electron chi connectivity index (χ4n) is 2.43. The van der Waals surface area contributed by atoms with Crippen molar-refractivity contribution in [3.8, 4) is 11.5 Å².